The molecule has 0 atom stereocenters. The van der Waals surface area contributed by atoms with Gasteiger partial charge in [-0.05, 0) is 18.6 Å². The van der Waals surface area contributed by atoms with Crippen LogP contribution < -0.4 is 0 Å². The van der Waals surface area contributed by atoms with Gasteiger partial charge in [0.05, 0.1) is 0 Å². The van der Waals surface area contributed by atoms with Crippen molar-refractivity contribution in [3.8, 4) is 5.75 Å². The van der Waals surface area contributed by atoms with Gasteiger partial charge in [-0.1, -0.05) is 6.92 Å². The van der Waals surface area contributed by atoms with Crippen LogP contribution in [0.5, 0.6) is 5.75 Å². The van der Waals surface area contributed by atoms with E-state index in [0.717, 1.165) is 6.42 Å². The van der Waals surface area contributed by atoms with E-state index in [4.69, 9.17) is 5.11 Å². The summed E-state index contributed by atoms with van der Waals surface area (Å²) in [6, 6.07) is 3.12. The predicted molar refractivity (Wildman–Crippen MR) is 57.8 cm³/mol. The Balaban J connectivity index is 2.76. The summed E-state index contributed by atoms with van der Waals surface area (Å²) in [5.74, 6) is -0.526. The van der Waals surface area contributed by atoms with E-state index < -0.39 is 5.97 Å². The third kappa shape index (κ3) is 1.50. The van der Waals surface area contributed by atoms with Crippen molar-refractivity contribution in [2.45, 2.75) is 19.8 Å². The fourth-order valence-electron chi connectivity index (χ4n) is 1.73. The van der Waals surface area contributed by atoms with Crippen molar-refractivity contribution < 1.29 is 15.0 Å². The number of aromatic carboxylic acids is 1. The Morgan fingerprint density at radius 1 is 1.56 bits per heavy atom. The lowest BCUT2D eigenvalue weighted by Crippen LogP contribution is -1.97. The van der Waals surface area contributed by atoms with Crippen LogP contribution in [0.15, 0.2) is 18.3 Å². The van der Waals surface area contributed by atoms with Gasteiger partial charge in [0.2, 0.25) is 0 Å². The molecular weight excluding hydrogens is 208 g/mol. The molecule has 0 saturated carbocycles. The highest BCUT2D eigenvalue weighted by Gasteiger charge is 2.18. The molecule has 0 radical (unpaired) electrons. The average molecular weight is 220 g/mol. The van der Waals surface area contributed by atoms with E-state index in [2.05, 4.69) is 4.98 Å². The van der Waals surface area contributed by atoms with Crippen LogP contribution in [0.1, 0.15) is 29.7 Å². The van der Waals surface area contributed by atoms with Crippen LogP contribution in [-0.2, 0) is 6.42 Å². The number of imidazole rings is 1. The smallest absolute Gasteiger partial charge is 0.356 e. The second-order valence-electron chi connectivity index (χ2n) is 3.54. The minimum absolute atomic E-state index is 0.0604. The molecule has 0 aliphatic rings. The van der Waals surface area contributed by atoms with E-state index in [1.165, 1.54) is 6.07 Å². The molecule has 2 aromatic rings. The van der Waals surface area contributed by atoms with Gasteiger partial charge in [0.25, 0.3) is 0 Å². The topological polar surface area (TPSA) is 74.8 Å². The van der Waals surface area contributed by atoms with Crippen molar-refractivity contribution in [2.24, 2.45) is 0 Å². The third-order valence-corrected chi connectivity index (χ3v) is 2.39. The highest BCUT2D eigenvalue weighted by molar-refractivity contribution is 5.95. The van der Waals surface area contributed by atoms with Gasteiger partial charge in [-0.25, -0.2) is 9.78 Å². The van der Waals surface area contributed by atoms with Crippen LogP contribution >= 0.6 is 0 Å². The highest BCUT2D eigenvalue weighted by Crippen LogP contribution is 2.23. The van der Waals surface area contributed by atoms with E-state index >= 15 is 0 Å². The van der Waals surface area contributed by atoms with Gasteiger partial charge in [0.1, 0.15) is 17.1 Å². The maximum Gasteiger partial charge on any atom is 0.356 e. The monoisotopic (exact) mass is 220 g/mol. The molecule has 5 nitrogen and oxygen atoms in total. The van der Waals surface area contributed by atoms with Crippen molar-refractivity contribution in [3.05, 3.63) is 29.8 Å². The third-order valence-electron chi connectivity index (χ3n) is 2.39. The second kappa shape index (κ2) is 3.84. The number of carbonyl (C=O) groups is 1. The van der Waals surface area contributed by atoms with Gasteiger partial charge in [0.15, 0.2) is 5.69 Å². The number of aromatic nitrogens is 2. The number of aromatic hydroxyl groups is 1. The van der Waals surface area contributed by atoms with Crippen molar-refractivity contribution in [1.29, 1.82) is 0 Å². The van der Waals surface area contributed by atoms with E-state index in [-0.39, 0.29) is 17.0 Å². The Morgan fingerprint density at radius 2 is 2.31 bits per heavy atom. The van der Waals surface area contributed by atoms with Crippen LogP contribution in [0.4, 0.5) is 0 Å². The molecule has 0 amide bonds. The standard InChI is InChI=1S/C11H12N2O3/c1-2-4-8-12-9(11(15)16)10-7(14)5-3-6-13(8)10/h3,5-6,14H,2,4H2,1H3,(H,15,16). The zero-order chi connectivity index (χ0) is 11.7. The summed E-state index contributed by atoms with van der Waals surface area (Å²) in [4.78, 5) is 15.0. The molecule has 5 heteroatoms. The molecule has 0 aromatic carbocycles. The first-order chi connectivity index (χ1) is 7.65. The molecule has 0 fully saturated rings. The number of rotatable bonds is 3. The number of carboxylic acid groups (broad SMARTS) is 1. The van der Waals surface area contributed by atoms with Crippen LogP contribution in [0.3, 0.4) is 0 Å². The average Bonchev–Trinajstić information content (AvgIpc) is 2.60. The van der Waals surface area contributed by atoms with E-state index in [1.54, 1.807) is 16.7 Å². The highest BCUT2D eigenvalue weighted by atomic mass is 16.4. The molecule has 0 saturated heterocycles. The van der Waals surface area contributed by atoms with Crippen molar-refractivity contribution in [2.75, 3.05) is 0 Å². The van der Waals surface area contributed by atoms with E-state index in [0.29, 0.717) is 12.2 Å². The first kappa shape index (κ1) is 10.5. The number of pyridine rings is 1. The van der Waals surface area contributed by atoms with Crippen molar-refractivity contribution in [1.82, 2.24) is 9.38 Å². The molecule has 84 valence electrons. The van der Waals surface area contributed by atoms with Gasteiger partial charge in [0, 0.05) is 12.6 Å². The Bertz CT molecular complexity index is 545. The summed E-state index contributed by atoms with van der Waals surface area (Å²) in [5, 5.41) is 18.7. The minimum atomic E-state index is -1.12. The molecule has 0 bridgehead atoms. The number of aryl methyl sites for hydroxylation is 1. The first-order valence-corrected chi connectivity index (χ1v) is 5.07. The van der Waals surface area contributed by atoms with Gasteiger partial charge in [-0.15, -0.1) is 0 Å². The molecule has 2 N–H and O–H groups in total. The first-order valence-electron chi connectivity index (χ1n) is 5.07. The van der Waals surface area contributed by atoms with Crippen LogP contribution in [0, 0.1) is 0 Å². The van der Waals surface area contributed by atoms with Crippen LogP contribution in [-0.4, -0.2) is 25.6 Å². The van der Waals surface area contributed by atoms with E-state index in [9.17, 15) is 9.90 Å². The molecule has 2 heterocycles. The fourth-order valence-corrected chi connectivity index (χ4v) is 1.73. The molecule has 2 aromatic heterocycles. The summed E-state index contributed by atoms with van der Waals surface area (Å²) >= 11 is 0. The maximum atomic E-state index is 11.0. The SMILES string of the molecule is CCCc1nc(C(=O)O)c2c(O)cccn12. The maximum absolute atomic E-state index is 11.0. The van der Waals surface area contributed by atoms with Gasteiger partial charge >= 0.3 is 5.97 Å². The van der Waals surface area contributed by atoms with Gasteiger partial charge in [-0.3, -0.25) is 4.40 Å². The van der Waals surface area contributed by atoms with Gasteiger partial charge < -0.3 is 10.2 Å². The Labute approximate surface area is 92.0 Å². The molecule has 16 heavy (non-hydrogen) atoms. The summed E-state index contributed by atoms with van der Waals surface area (Å²) in [5.41, 5.74) is 0.167. The summed E-state index contributed by atoms with van der Waals surface area (Å²) in [6.45, 7) is 1.99. The Morgan fingerprint density at radius 3 is 2.94 bits per heavy atom. The molecule has 0 spiro atoms. The molecular formula is C11H12N2O3. The van der Waals surface area contributed by atoms with Crippen molar-refractivity contribution >= 4 is 11.5 Å². The lowest BCUT2D eigenvalue weighted by atomic mass is 10.3. The second-order valence-corrected chi connectivity index (χ2v) is 3.54. The Hall–Kier alpha value is -2.04. The number of hydrogen-bond acceptors (Lipinski definition) is 3. The van der Waals surface area contributed by atoms with Crippen LogP contribution in [0.2, 0.25) is 0 Å². The fraction of sp³-hybridized carbons (Fsp3) is 0.273. The zero-order valence-electron chi connectivity index (χ0n) is 8.84. The number of nitrogens with zero attached hydrogens (tertiary/aromatic N) is 2. The van der Waals surface area contributed by atoms with E-state index in [1.807, 2.05) is 6.92 Å². The lowest BCUT2D eigenvalue weighted by Gasteiger charge is -2.00. The largest absolute Gasteiger partial charge is 0.506 e. The molecule has 0 aliphatic heterocycles. The van der Waals surface area contributed by atoms with Crippen molar-refractivity contribution in [3.63, 3.8) is 0 Å². The number of carboxylic acids is 1. The quantitative estimate of drug-likeness (QED) is 0.825. The zero-order valence-corrected chi connectivity index (χ0v) is 8.84. The predicted octanol–water partition coefficient (Wildman–Crippen LogP) is 1.69. The number of hydrogen-bond donors (Lipinski definition) is 2. The summed E-state index contributed by atoms with van der Waals surface area (Å²) in [6.07, 6.45) is 3.26. The molecule has 2 rings (SSSR count). The molecule has 0 aliphatic carbocycles. The molecule has 0 unspecified atom stereocenters. The summed E-state index contributed by atoms with van der Waals surface area (Å²) < 4.78 is 1.63. The lowest BCUT2D eigenvalue weighted by molar-refractivity contribution is 0.0693. The number of fused-ring (bicyclic) bond motifs is 1. The minimum Gasteiger partial charge on any atom is -0.506 e. The summed E-state index contributed by atoms with van der Waals surface area (Å²) in [7, 11) is 0. The van der Waals surface area contributed by atoms with Crippen LogP contribution in [0.25, 0.3) is 5.52 Å². The Kier molecular flexibility index (Phi) is 2.52. The van der Waals surface area contributed by atoms with Gasteiger partial charge in [-0.2, -0.15) is 0 Å². The normalized spacial score (nSPS) is 10.8.